The van der Waals surface area contributed by atoms with Crippen molar-refractivity contribution < 1.29 is 9.26 Å². The molecule has 0 atom stereocenters. The molecule has 0 unspecified atom stereocenters. The lowest BCUT2D eigenvalue weighted by atomic mass is 10.1. The molecule has 4 aromatic rings. The van der Waals surface area contributed by atoms with E-state index < -0.39 is 0 Å². The lowest BCUT2D eigenvalue weighted by Crippen LogP contribution is -1.86. The normalized spacial score (nSPS) is 10.9. The number of methoxy groups -OCH3 is 1. The zero-order valence-electron chi connectivity index (χ0n) is 12.7. The highest BCUT2D eigenvalue weighted by atomic mass is 79.9. The van der Waals surface area contributed by atoms with Crippen molar-refractivity contribution in [3.05, 3.63) is 59.2 Å². The summed E-state index contributed by atoms with van der Waals surface area (Å²) in [4.78, 5) is 8.91. The molecule has 24 heavy (non-hydrogen) atoms. The minimum atomic E-state index is 0.443. The zero-order valence-corrected chi connectivity index (χ0v) is 14.3. The average Bonchev–Trinajstić information content (AvgIpc) is 3.11. The summed E-state index contributed by atoms with van der Waals surface area (Å²) in [6.07, 6.45) is 1.72. The predicted octanol–water partition coefficient (Wildman–Crippen LogP) is 4.72. The highest BCUT2D eigenvalue weighted by molar-refractivity contribution is 9.10. The van der Waals surface area contributed by atoms with Gasteiger partial charge in [0.05, 0.1) is 18.2 Å². The Balaban J connectivity index is 1.71. The SMILES string of the molecule is COc1ccc2cc(-c3nc(-c4ccc(Br)cc4)no3)cnc2c1. The fourth-order valence-electron chi connectivity index (χ4n) is 2.40. The van der Waals surface area contributed by atoms with Crippen molar-refractivity contribution in [2.75, 3.05) is 7.11 Å². The molecule has 0 N–H and O–H groups in total. The molecule has 0 spiro atoms. The predicted molar refractivity (Wildman–Crippen MR) is 94.7 cm³/mol. The number of benzene rings is 2. The van der Waals surface area contributed by atoms with Gasteiger partial charge >= 0.3 is 0 Å². The van der Waals surface area contributed by atoms with Crippen molar-refractivity contribution in [2.45, 2.75) is 0 Å². The third-order valence-corrected chi connectivity index (χ3v) is 4.20. The van der Waals surface area contributed by atoms with Crippen LogP contribution in [0, 0.1) is 0 Å². The number of ether oxygens (including phenoxy) is 1. The number of rotatable bonds is 3. The van der Waals surface area contributed by atoms with E-state index in [9.17, 15) is 0 Å². The molecule has 5 nitrogen and oxygen atoms in total. The fraction of sp³-hybridized carbons (Fsp3) is 0.0556. The largest absolute Gasteiger partial charge is 0.497 e. The van der Waals surface area contributed by atoms with Gasteiger partial charge < -0.3 is 9.26 Å². The molecule has 0 saturated heterocycles. The van der Waals surface area contributed by atoms with E-state index >= 15 is 0 Å². The molecule has 0 aliphatic heterocycles. The van der Waals surface area contributed by atoms with E-state index in [4.69, 9.17) is 9.26 Å². The molecule has 0 radical (unpaired) electrons. The van der Waals surface area contributed by atoms with Gasteiger partial charge in [-0.15, -0.1) is 0 Å². The number of hydrogen-bond acceptors (Lipinski definition) is 5. The van der Waals surface area contributed by atoms with Crippen LogP contribution in [-0.2, 0) is 0 Å². The van der Waals surface area contributed by atoms with Crippen molar-refractivity contribution in [3.8, 4) is 28.6 Å². The first kappa shape index (κ1) is 14.8. The van der Waals surface area contributed by atoms with Gasteiger partial charge in [0.1, 0.15) is 5.75 Å². The minimum Gasteiger partial charge on any atom is -0.497 e. The minimum absolute atomic E-state index is 0.443. The molecule has 0 aliphatic rings. The van der Waals surface area contributed by atoms with Crippen LogP contribution in [0.25, 0.3) is 33.7 Å². The first-order chi connectivity index (χ1) is 11.7. The van der Waals surface area contributed by atoms with Crippen LogP contribution >= 0.6 is 15.9 Å². The Morgan fingerprint density at radius 1 is 1.00 bits per heavy atom. The maximum atomic E-state index is 5.39. The smallest absolute Gasteiger partial charge is 0.259 e. The molecule has 6 heteroatoms. The molecule has 2 heterocycles. The van der Waals surface area contributed by atoms with Crippen molar-refractivity contribution in [1.29, 1.82) is 0 Å². The van der Waals surface area contributed by atoms with Crippen molar-refractivity contribution in [2.24, 2.45) is 0 Å². The number of pyridine rings is 1. The molecule has 0 bridgehead atoms. The van der Waals surface area contributed by atoms with Crippen LogP contribution in [0.15, 0.2) is 63.7 Å². The summed E-state index contributed by atoms with van der Waals surface area (Å²) in [6.45, 7) is 0. The zero-order chi connectivity index (χ0) is 16.5. The van der Waals surface area contributed by atoms with Crippen molar-refractivity contribution >= 4 is 26.8 Å². The first-order valence-electron chi connectivity index (χ1n) is 7.27. The number of nitrogens with zero attached hydrogens (tertiary/aromatic N) is 3. The van der Waals surface area contributed by atoms with Crippen LogP contribution in [0.2, 0.25) is 0 Å². The molecule has 4 rings (SSSR count). The van der Waals surface area contributed by atoms with Gasteiger partial charge in [-0.2, -0.15) is 4.98 Å². The van der Waals surface area contributed by atoms with Crippen LogP contribution in [0.1, 0.15) is 0 Å². The van der Waals surface area contributed by atoms with Gasteiger partial charge in [-0.1, -0.05) is 21.1 Å². The van der Waals surface area contributed by atoms with Crippen LogP contribution in [0.4, 0.5) is 0 Å². The Labute approximate surface area is 146 Å². The second kappa shape index (κ2) is 6.05. The Kier molecular flexibility index (Phi) is 3.74. The topological polar surface area (TPSA) is 61.0 Å². The molecule has 118 valence electrons. The van der Waals surface area contributed by atoms with E-state index in [2.05, 4.69) is 31.1 Å². The van der Waals surface area contributed by atoms with Crippen LogP contribution in [0.5, 0.6) is 5.75 Å². The van der Waals surface area contributed by atoms with Gasteiger partial charge in [-0.3, -0.25) is 4.98 Å². The second-order valence-electron chi connectivity index (χ2n) is 5.21. The van der Waals surface area contributed by atoms with Crippen LogP contribution in [0.3, 0.4) is 0 Å². The van der Waals surface area contributed by atoms with E-state index in [0.29, 0.717) is 11.7 Å². The monoisotopic (exact) mass is 381 g/mol. The summed E-state index contributed by atoms with van der Waals surface area (Å²) >= 11 is 3.41. The summed E-state index contributed by atoms with van der Waals surface area (Å²) in [7, 11) is 1.64. The summed E-state index contributed by atoms with van der Waals surface area (Å²) in [5, 5.41) is 5.03. The number of hydrogen-bond donors (Lipinski definition) is 0. The lowest BCUT2D eigenvalue weighted by Gasteiger charge is -2.02. The lowest BCUT2D eigenvalue weighted by molar-refractivity contribution is 0.415. The number of halogens is 1. The highest BCUT2D eigenvalue weighted by Gasteiger charge is 2.12. The summed E-state index contributed by atoms with van der Waals surface area (Å²) in [5.41, 5.74) is 2.53. The first-order valence-corrected chi connectivity index (χ1v) is 8.06. The van der Waals surface area contributed by atoms with Crippen molar-refractivity contribution in [3.63, 3.8) is 0 Å². The Morgan fingerprint density at radius 3 is 2.62 bits per heavy atom. The molecule has 2 aromatic carbocycles. The fourth-order valence-corrected chi connectivity index (χ4v) is 2.67. The Morgan fingerprint density at radius 2 is 1.83 bits per heavy atom. The molecule has 2 aromatic heterocycles. The van der Waals surface area contributed by atoms with E-state index in [1.54, 1.807) is 13.3 Å². The molecular formula is C18H12BrN3O2. The third-order valence-electron chi connectivity index (χ3n) is 3.67. The van der Waals surface area contributed by atoms with Gasteiger partial charge in [-0.05, 0) is 42.5 Å². The molecule has 0 saturated carbocycles. The van der Waals surface area contributed by atoms with Gasteiger partial charge in [-0.25, -0.2) is 0 Å². The van der Waals surface area contributed by atoms with E-state index in [1.807, 2.05) is 48.5 Å². The Hall–Kier alpha value is -2.73. The highest BCUT2D eigenvalue weighted by Crippen LogP contribution is 2.26. The third kappa shape index (κ3) is 2.76. The molecule has 0 amide bonds. The second-order valence-corrected chi connectivity index (χ2v) is 6.13. The molecule has 0 fully saturated rings. The molecular weight excluding hydrogens is 370 g/mol. The van der Waals surface area contributed by atoms with Crippen molar-refractivity contribution in [1.82, 2.24) is 15.1 Å². The number of aromatic nitrogens is 3. The van der Waals surface area contributed by atoms with Crippen LogP contribution < -0.4 is 4.74 Å². The van der Waals surface area contributed by atoms with Gasteiger partial charge in [0.25, 0.3) is 5.89 Å². The van der Waals surface area contributed by atoms with E-state index in [-0.39, 0.29) is 0 Å². The average molecular weight is 382 g/mol. The summed E-state index contributed by atoms with van der Waals surface area (Å²) < 4.78 is 11.6. The summed E-state index contributed by atoms with van der Waals surface area (Å²) in [6, 6.07) is 15.5. The maximum absolute atomic E-state index is 5.39. The van der Waals surface area contributed by atoms with Gasteiger partial charge in [0.2, 0.25) is 5.82 Å². The van der Waals surface area contributed by atoms with E-state index in [0.717, 1.165) is 32.3 Å². The number of fused-ring (bicyclic) bond motifs is 1. The standard InChI is InChI=1S/C18H12BrN3O2/c1-23-15-7-4-12-8-13(10-20-16(12)9-15)18-21-17(22-24-18)11-2-5-14(19)6-3-11/h2-10H,1H3. The maximum Gasteiger partial charge on any atom is 0.259 e. The molecule has 0 aliphatic carbocycles. The quantitative estimate of drug-likeness (QED) is 0.513. The summed E-state index contributed by atoms with van der Waals surface area (Å²) in [5.74, 6) is 1.77. The van der Waals surface area contributed by atoms with Gasteiger partial charge in [0.15, 0.2) is 0 Å². The Bertz CT molecular complexity index is 1010. The van der Waals surface area contributed by atoms with Crippen LogP contribution in [-0.4, -0.2) is 22.2 Å². The van der Waals surface area contributed by atoms with E-state index in [1.165, 1.54) is 0 Å². The van der Waals surface area contributed by atoms with Gasteiger partial charge in [0, 0.05) is 27.7 Å².